The molecule has 98 valence electrons. The van der Waals surface area contributed by atoms with Crippen LogP contribution in [0.2, 0.25) is 0 Å². The third-order valence-corrected chi connectivity index (χ3v) is 3.75. The Morgan fingerprint density at radius 3 is 2.67 bits per heavy atom. The van der Waals surface area contributed by atoms with Gasteiger partial charge in [0.1, 0.15) is 5.82 Å². The highest BCUT2D eigenvalue weighted by molar-refractivity contribution is 7.89. The Morgan fingerprint density at radius 2 is 2.06 bits per heavy atom. The van der Waals surface area contributed by atoms with Crippen LogP contribution >= 0.6 is 0 Å². The molecule has 1 aliphatic heterocycles. The first kappa shape index (κ1) is 13.0. The Hall–Kier alpha value is -1.47. The van der Waals surface area contributed by atoms with Crippen LogP contribution in [0.25, 0.3) is 0 Å². The van der Waals surface area contributed by atoms with Crippen LogP contribution in [-0.4, -0.2) is 26.6 Å². The van der Waals surface area contributed by atoms with Crippen molar-refractivity contribution in [3.8, 4) is 0 Å². The van der Waals surface area contributed by atoms with Gasteiger partial charge in [0.05, 0.1) is 11.4 Å². The molecule has 1 heterocycles. The average molecular weight is 272 g/mol. The van der Waals surface area contributed by atoms with Crippen LogP contribution in [0.3, 0.4) is 0 Å². The van der Waals surface area contributed by atoms with E-state index in [1.165, 1.54) is 23.1 Å². The molecule has 0 bridgehead atoms. The zero-order chi connectivity index (χ0) is 13.3. The van der Waals surface area contributed by atoms with E-state index in [0.717, 1.165) is 0 Å². The summed E-state index contributed by atoms with van der Waals surface area (Å²) in [5.41, 5.74) is 0.180. The number of primary sulfonamides is 1. The summed E-state index contributed by atoms with van der Waals surface area (Å²) >= 11 is 0. The molecule has 1 saturated heterocycles. The van der Waals surface area contributed by atoms with E-state index in [0.29, 0.717) is 0 Å². The summed E-state index contributed by atoms with van der Waals surface area (Å²) in [4.78, 5) is 13.0. The topological polar surface area (TPSA) is 80.5 Å². The second-order valence-electron chi connectivity index (χ2n) is 4.36. The summed E-state index contributed by atoms with van der Waals surface area (Å²) in [5, 5.41) is 4.94. The Labute approximate surface area is 104 Å². The van der Waals surface area contributed by atoms with E-state index in [-0.39, 0.29) is 36.2 Å². The summed E-state index contributed by atoms with van der Waals surface area (Å²) in [6.45, 7) is 0.177. The zero-order valence-electron chi connectivity index (χ0n) is 9.54. The number of hydrogen-bond donors (Lipinski definition) is 1. The summed E-state index contributed by atoms with van der Waals surface area (Å²) in [6.07, 6.45) is 0.0742. The van der Waals surface area contributed by atoms with Crippen molar-refractivity contribution in [1.29, 1.82) is 0 Å². The Kier molecular flexibility index (Phi) is 3.36. The highest BCUT2D eigenvalue weighted by Gasteiger charge is 2.33. The summed E-state index contributed by atoms with van der Waals surface area (Å²) < 4.78 is 35.5. The molecule has 2 rings (SSSR count). The first-order chi connectivity index (χ1) is 8.37. The van der Waals surface area contributed by atoms with E-state index in [2.05, 4.69) is 0 Å². The number of para-hydroxylation sites is 1. The predicted octanol–water partition coefficient (Wildman–Crippen LogP) is 0.467. The monoisotopic (exact) mass is 272 g/mol. The standard InChI is InChI=1S/C11H13FN2O3S/c12-9-3-1-2-4-10(9)14-6-8(5-11(14)15)7-18(13,16)17/h1-4,8H,5-7H2,(H2,13,16,17). The minimum absolute atomic E-state index is 0.0742. The fourth-order valence-corrected chi connectivity index (χ4v) is 3.01. The number of rotatable bonds is 3. The molecule has 1 amide bonds. The van der Waals surface area contributed by atoms with Crippen LogP contribution in [-0.2, 0) is 14.8 Å². The number of nitrogens with zero attached hydrogens (tertiary/aromatic N) is 1. The number of halogens is 1. The molecule has 0 saturated carbocycles. The van der Waals surface area contributed by atoms with Crippen molar-refractivity contribution in [2.45, 2.75) is 6.42 Å². The van der Waals surface area contributed by atoms with Crippen molar-refractivity contribution >= 4 is 21.6 Å². The molecule has 0 radical (unpaired) electrons. The lowest BCUT2D eigenvalue weighted by atomic mass is 10.1. The fraction of sp³-hybridized carbons (Fsp3) is 0.364. The second-order valence-corrected chi connectivity index (χ2v) is 6.01. The molecule has 1 fully saturated rings. The van der Waals surface area contributed by atoms with Crippen molar-refractivity contribution < 1.29 is 17.6 Å². The highest BCUT2D eigenvalue weighted by atomic mass is 32.2. The van der Waals surface area contributed by atoms with Gasteiger partial charge in [-0.3, -0.25) is 4.79 Å². The van der Waals surface area contributed by atoms with Crippen molar-refractivity contribution in [3.05, 3.63) is 30.1 Å². The molecule has 0 spiro atoms. The van der Waals surface area contributed by atoms with Gasteiger partial charge in [0, 0.05) is 18.9 Å². The van der Waals surface area contributed by atoms with Gasteiger partial charge >= 0.3 is 0 Å². The van der Waals surface area contributed by atoms with Crippen LogP contribution in [0.4, 0.5) is 10.1 Å². The number of anilines is 1. The van der Waals surface area contributed by atoms with Crippen molar-refractivity contribution in [2.24, 2.45) is 11.1 Å². The highest BCUT2D eigenvalue weighted by Crippen LogP contribution is 2.27. The van der Waals surface area contributed by atoms with E-state index in [1.54, 1.807) is 6.07 Å². The van der Waals surface area contributed by atoms with Crippen molar-refractivity contribution in [2.75, 3.05) is 17.2 Å². The molecule has 7 heteroatoms. The fourth-order valence-electron chi connectivity index (χ4n) is 2.13. The number of carbonyl (C=O) groups is 1. The first-order valence-electron chi connectivity index (χ1n) is 5.42. The average Bonchev–Trinajstić information content (AvgIpc) is 2.57. The van der Waals surface area contributed by atoms with Crippen LogP contribution in [0, 0.1) is 11.7 Å². The largest absolute Gasteiger partial charge is 0.309 e. The summed E-state index contributed by atoms with van der Waals surface area (Å²) in [5.74, 6) is -1.42. The molecular weight excluding hydrogens is 259 g/mol. The first-order valence-corrected chi connectivity index (χ1v) is 7.14. The van der Waals surface area contributed by atoms with Crippen molar-refractivity contribution in [3.63, 3.8) is 0 Å². The molecule has 1 atom stereocenters. The van der Waals surface area contributed by atoms with Crippen molar-refractivity contribution in [1.82, 2.24) is 0 Å². The molecule has 0 aliphatic carbocycles. The van der Waals surface area contributed by atoms with E-state index in [1.807, 2.05) is 0 Å². The Morgan fingerprint density at radius 1 is 1.39 bits per heavy atom. The maximum absolute atomic E-state index is 13.5. The van der Waals surface area contributed by atoms with E-state index < -0.39 is 15.8 Å². The normalized spacial score (nSPS) is 20.4. The number of hydrogen-bond acceptors (Lipinski definition) is 3. The van der Waals surface area contributed by atoms with Gasteiger partial charge in [-0.2, -0.15) is 0 Å². The van der Waals surface area contributed by atoms with Gasteiger partial charge in [0.15, 0.2) is 0 Å². The lowest BCUT2D eigenvalue weighted by Gasteiger charge is -2.17. The predicted molar refractivity (Wildman–Crippen MR) is 64.8 cm³/mol. The molecule has 1 aromatic carbocycles. The van der Waals surface area contributed by atoms with Crippen LogP contribution in [0.15, 0.2) is 24.3 Å². The van der Waals surface area contributed by atoms with Crippen LogP contribution in [0.5, 0.6) is 0 Å². The Bertz CT molecular complexity index is 573. The maximum Gasteiger partial charge on any atom is 0.227 e. The number of amides is 1. The van der Waals surface area contributed by atoms with Crippen LogP contribution < -0.4 is 10.0 Å². The number of sulfonamides is 1. The van der Waals surface area contributed by atoms with Gasteiger partial charge < -0.3 is 4.90 Å². The molecule has 0 aromatic heterocycles. The molecule has 1 unspecified atom stereocenters. The third kappa shape index (κ3) is 2.85. The lowest BCUT2D eigenvalue weighted by molar-refractivity contribution is -0.117. The van der Waals surface area contributed by atoms with Crippen LogP contribution in [0.1, 0.15) is 6.42 Å². The molecule has 1 aromatic rings. The molecular formula is C11H13FN2O3S. The number of nitrogens with two attached hydrogens (primary N) is 1. The molecule has 5 nitrogen and oxygen atoms in total. The zero-order valence-corrected chi connectivity index (χ0v) is 10.4. The number of benzene rings is 1. The molecule has 2 N–H and O–H groups in total. The minimum Gasteiger partial charge on any atom is -0.309 e. The quantitative estimate of drug-likeness (QED) is 0.868. The smallest absolute Gasteiger partial charge is 0.227 e. The molecule has 1 aliphatic rings. The van der Waals surface area contributed by atoms with Gasteiger partial charge in [-0.05, 0) is 12.1 Å². The van der Waals surface area contributed by atoms with E-state index >= 15 is 0 Å². The minimum atomic E-state index is -3.62. The maximum atomic E-state index is 13.5. The number of carbonyl (C=O) groups excluding carboxylic acids is 1. The second kappa shape index (κ2) is 4.66. The van der Waals surface area contributed by atoms with Gasteiger partial charge in [-0.15, -0.1) is 0 Å². The van der Waals surface area contributed by atoms with E-state index in [4.69, 9.17) is 5.14 Å². The Balaban J connectivity index is 2.18. The van der Waals surface area contributed by atoms with Gasteiger partial charge in [-0.1, -0.05) is 12.1 Å². The van der Waals surface area contributed by atoms with Gasteiger partial charge in [0.2, 0.25) is 15.9 Å². The summed E-state index contributed by atoms with van der Waals surface area (Å²) in [6, 6.07) is 5.90. The lowest BCUT2D eigenvalue weighted by Crippen LogP contribution is -2.28. The van der Waals surface area contributed by atoms with Gasteiger partial charge in [-0.25, -0.2) is 17.9 Å². The SMILES string of the molecule is NS(=O)(=O)CC1CC(=O)N(c2ccccc2F)C1. The molecule has 18 heavy (non-hydrogen) atoms. The van der Waals surface area contributed by atoms with Gasteiger partial charge in [0.25, 0.3) is 0 Å². The third-order valence-electron chi connectivity index (χ3n) is 2.82. The van der Waals surface area contributed by atoms with E-state index in [9.17, 15) is 17.6 Å². The summed E-state index contributed by atoms with van der Waals surface area (Å²) in [7, 11) is -3.62.